The molecule has 0 aromatic carbocycles. The minimum absolute atomic E-state index is 0.104. The van der Waals surface area contributed by atoms with Crippen LogP contribution in [0.3, 0.4) is 0 Å². The lowest BCUT2D eigenvalue weighted by Gasteiger charge is -2.50. The molecule has 0 unspecified atom stereocenters. The summed E-state index contributed by atoms with van der Waals surface area (Å²) in [5.41, 5.74) is 0.788. The first-order chi connectivity index (χ1) is 18.5. The van der Waals surface area contributed by atoms with Crippen LogP contribution in [0.25, 0.3) is 0 Å². The Bertz CT molecular complexity index is 1060. The first kappa shape index (κ1) is 28.7. The van der Waals surface area contributed by atoms with Crippen LogP contribution in [0, 0.1) is 17.8 Å². The number of esters is 1. The first-order valence-electron chi connectivity index (χ1n) is 14.8. The van der Waals surface area contributed by atoms with E-state index in [1.807, 2.05) is 12.2 Å². The molecule has 5 rings (SSSR count). The molecule has 3 saturated heterocycles. The van der Waals surface area contributed by atoms with Crippen molar-refractivity contribution in [2.75, 3.05) is 6.61 Å². The van der Waals surface area contributed by atoms with Crippen molar-refractivity contribution in [3.8, 4) is 0 Å². The third-order valence-electron chi connectivity index (χ3n) is 9.50. The van der Waals surface area contributed by atoms with Gasteiger partial charge in [0.25, 0.3) is 0 Å². The smallest absolute Gasteiger partial charge is 0.316 e. The topological polar surface area (TPSA) is 94.5 Å². The van der Waals surface area contributed by atoms with E-state index in [0.717, 1.165) is 32.1 Å². The van der Waals surface area contributed by atoms with Gasteiger partial charge in [0.05, 0.1) is 18.8 Å². The van der Waals surface area contributed by atoms with Crippen molar-refractivity contribution < 1.29 is 34.0 Å². The van der Waals surface area contributed by atoms with E-state index >= 15 is 0 Å². The molecule has 0 saturated carbocycles. The second kappa shape index (κ2) is 11.2. The molecule has 7 nitrogen and oxygen atoms in total. The van der Waals surface area contributed by atoms with E-state index in [9.17, 15) is 15.0 Å². The van der Waals surface area contributed by atoms with Gasteiger partial charge in [-0.05, 0) is 62.5 Å². The summed E-state index contributed by atoms with van der Waals surface area (Å²) in [5.74, 6) is -1.52. The molecule has 1 spiro atoms. The van der Waals surface area contributed by atoms with Crippen molar-refractivity contribution in [3.05, 3.63) is 47.1 Å². The van der Waals surface area contributed by atoms with Crippen LogP contribution in [-0.4, -0.2) is 64.7 Å². The summed E-state index contributed by atoms with van der Waals surface area (Å²) < 4.78 is 25.4. The van der Waals surface area contributed by atoms with Crippen molar-refractivity contribution in [2.45, 2.75) is 121 Å². The van der Waals surface area contributed by atoms with E-state index in [4.69, 9.17) is 18.9 Å². The van der Waals surface area contributed by atoms with Crippen LogP contribution in [0.5, 0.6) is 0 Å². The van der Waals surface area contributed by atoms with Gasteiger partial charge in [-0.1, -0.05) is 56.7 Å². The van der Waals surface area contributed by atoms with Crippen LogP contribution in [0.2, 0.25) is 0 Å². The van der Waals surface area contributed by atoms with E-state index in [1.54, 1.807) is 13.0 Å². The highest BCUT2D eigenvalue weighted by molar-refractivity contribution is 5.78. The summed E-state index contributed by atoms with van der Waals surface area (Å²) in [6.45, 7) is 10.6. The van der Waals surface area contributed by atoms with Gasteiger partial charge in [-0.2, -0.15) is 0 Å². The normalized spacial score (nSPS) is 48.7. The Kier molecular flexibility index (Phi) is 8.29. The number of hydrogen-bond acceptors (Lipinski definition) is 7. The number of fused-ring (bicyclic) bond motifs is 2. The van der Waals surface area contributed by atoms with E-state index in [-0.39, 0.29) is 18.8 Å². The van der Waals surface area contributed by atoms with Gasteiger partial charge >= 0.3 is 5.97 Å². The molecule has 4 aliphatic heterocycles. The second-order valence-electron chi connectivity index (χ2n) is 12.7. The zero-order valence-electron chi connectivity index (χ0n) is 24.1. The van der Waals surface area contributed by atoms with Crippen LogP contribution >= 0.6 is 0 Å². The minimum atomic E-state index is -1.68. The molecule has 10 atom stereocenters. The summed E-state index contributed by atoms with van der Waals surface area (Å²) in [5, 5.41) is 22.9. The number of carbonyl (C=O) groups excluding carboxylic acids is 1. The SMILES string of the molecule is CC[C@H]1O[C@]2(CC[C@@H]1C)C[C@@H]1C[C@@H](C/C=C(\C)C[C@H](C)/C=C/C=C3\CO[C@@H]4[C@H](O)C(C)=C[C@@H](C(=O)O1)[C@]34O)O2. The van der Waals surface area contributed by atoms with E-state index < -0.39 is 41.6 Å². The minimum Gasteiger partial charge on any atom is -0.462 e. The Morgan fingerprint density at radius 2 is 1.95 bits per heavy atom. The Morgan fingerprint density at radius 3 is 2.72 bits per heavy atom. The zero-order valence-corrected chi connectivity index (χ0v) is 24.1. The van der Waals surface area contributed by atoms with Crippen LogP contribution in [0.15, 0.2) is 47.1 Å². The van der Waals surface area contributed by atoms with Crippen molar-refractivity contribution in [1.82, 2.24) is 0 Å². The van der Waals surface area contributed by atoms with E-state index in [1.165, 1.54) is 5.57 Å². The summed E-state index contributed by atoms with van der Waals surface area (Å²) in [7, 11) is 0. The van der Waals surface area contributed by atoms with Gasteiger partial charge in [0.2, 0.25) is 0 Å². The Labute approximate surface area is 232 Å². The van der Waals surface area contributed by atoms with Crippen molar-refractivity contribution >= 4 is 5.97 Å². The maximum atomic E-state index is 13.9. The molecule has 39 heavy (non-hydrogen) atoms. The Morgan fingerprint density at radius 1 is 1.15 bits per heavy atom. The molecule has 5 aliphatic rings. The first-order valence-corrected chi connectivity index (χ1v) is 14.8. The Balaban J connectivity index is 1.51. The fourth-order valence-electron chi connectivity index (χ4n) is 7.23. The van der Waals surface area contributed by atoms with Gasteiger partial charge in [0.15, 0.2) is 5.79 Å². The third kappa shape index (κ3) is 5.58. The van der Waals surface area contributed by atoms with Gasteiger partial charge in [-0.15, -0.1) is 0 Å². The van der Waals surface area contributed by atoms with Crippen molar-refractivity contribution in [1.29, 1.82) is 0 Å². The highest BCUT2D eigenvalue weighted by Crippen LogP contribution is 2.47. The third-order valence-corrected chi connectivity index (χ3v) is 9.50. The molecule has 3 fully saturated rings. The lowest BCUT2D eigenvalue weighted by Crippen LogP contribution is -2.58. The molecule has 2 bridgehead atoms. The fraction of sp³-hybridized carbons (Fsp3) is 0.719. The maximum Gasteiger partial charge on any atom is 0.316 e. The van der Waals surface area contributed by atoms with Crippen molar-refractivity contribution in [3.63, 3.8) is 0 Å². The molecule has 216 valence electrons. The van der Waals surface area contributed by atoms with Gasteiger partial charge in [-0.25, -0.2) is 0 Å². The van der Waals surface area contributed by atoms with Crippen LogP contribution in [0.4, 0.5) is 0 Å². The molecule has 0 aromatic rings. The van der Waals surface area contributed by atoms with Crippen LogP contribution in [0.1, 0.15) is 79.6 Å². The molecular weight excluding hydrogens is 496 g/mol. The summed E-state index contributed by atoms with van der Waals surface area (Å²) in [6, 6.07) is 0. The lowest BCUT2D eigenvalue weighted by molar-refractivity contribution is -0.335. The summed E-state index contributed by atoms with van der Waals surface area (Å²) >= 11 is 0. The largest absolute Gasteiger partial charge is 0.462 e. The molecule has 2 N–H and O–H groups in total. The number of aliphatic hydroxyl groups is 2. The van der Waals surface area contributed by atoms with Gasteiger partial charge < -0.3 is 29.2 Å². The standard InChI is InChI=1S/C32H46O7/c1-6-27-21(4)12-13-31(39-27)17-25-16-24(38-31)11-10-20(3)14-19(2)8-7-9-23-18-36-29-28(33)22(5)15-26(30(34)37-25)32(23,29)35/h7-10,15,19,21,24-29,33,35H,6,11-14,16-18H2,1-5H3/b8-7+,20-10+,23-9+/t19-,21+,24-,25+,26+,27-,28-,29-,31-,32-/m1/s1. The number of allylic oxidation sites excluding steroid dienone is 4. The monoisotopic (exact) mass is 542 g/mol. The fourth-order valence-corrected chi connectivity index (χ4v) is 7.23. The zero-order chi connectivity index (χ0) is 27.9. The molecule has 1 aliphatic carbocycles. The second-order valence-corrected chi connectivity index (χ2v) is 12.7. The predicted octanol–water partition coefficient (Wildman–Crippen LogP) is 4.92. The quantitative estimate of drug-likeness (QED) is 0.359. The molecule has 0 radical (unpaired) electrons. The van der Waals surface area contributed by atoms with Crippen LogP contribution < -0.4 is 0 Å². The number of aliphatic hydroxyl groups excluding tert-OH is 1. The molecular formula is C32H46O7. The molecule has 0 aromatic heterocycles. The molecule has 4 heterocycles. The lowest BCUT2D eigenvalue weighted by atomic mass is 9.71. The average molecular weight is 543 g/mol. The van der Waals surface area contributed by atoms with Gasteiger partial charge in [-0.3, -0.25) is 4.79 Å². The summed E-state index contributed by atoms with van der Waals surface area (Å²) in [6.07, 6.45) is 12.8. The average Bonchev–Trinajstić information content (AvgIpc) is 3.23. The van der Waals surface area contributed by atoms with Gasteiger partial charge in [0.1, 0.15) is 29.8 Å². The van der Waals surface area contributed by atoms with Crippen LogP contribution in [-0.2, 0) is 23.7 Å². The van der Waals surface area contributed by atoms with E-state index in [0.29, 0.717) is 35.8 Å². The van der Waals surface area contributed by atoms with E-state index in [2.05, 4.69) is 39.8 Å². The van der Waals surface area contributed by atoms with Crippen molar-refractivity contribution in [2.24, 2.45) is 17.8 Å². The Hall–Kier alpha value is -1.77. The number of rotatable bonds is 1. The summed E-state index contributed by atoms with van der Waals surface area (Å²) in [4.78, 5) is 13.9. The van der Waals surface area contributed by atoms with Gasteiger partial charge in [0, 0.05) is 19.3 Å². The number of ether oxygens (including phenoxy) is 4. The highest BCUT2D eigenvalue weighted by Gasteiger charge is 2.60. The maximum absolute atomic E-state index is 13.9. The highest BCUT2D eigenvalue weighted by atomic mass is 16.7. The molecule has 7 heteroatoms. The predicted molar refractivity (Wildman–Crippen MR) is 148 cm³/mol. The number of hydrogen-bond donors (Lipinski definition) is 2. The number of carbonyl (C=O) groups is 1. The molecule has 0 amide bonds.